The number of ether oxygens (including phenoxy) is 1. The lowest BCUT2D eigenvalue weighted by Crippen LogP contribution is -2.36. The van der Waals surface area contributed by atoms with E-state index in [-0.39, 0.29) is 0 Å². The molecule has 0 aromatic heterocycles. The molecule has 0 heterocycles. The molecule has 1 aliphatic carbocycles. The maximum absolute atomic E-state index is 5.14. The lowest BCUT2D eigenvalue weighted by atomic mass is 10.1. The molecule has 0 spiro atoms. The summed E-state index contributed by atoms with van der Waals surface area (Å²) in [6, 6.07) is 1.12. The molecule has 0 N–H and O–H groups in total. The number of likely N-dealkylation sites (N-methyl/N-ethyl adjacent to an activating group) is 1. The van der Waals surface area contributed by atoms with E-state index in [0.717, 1.165) is 12.2 Å². The molecule has 0 radical (unpaired) electrons. The highest BCUT2D eigenvalue weighted by Crippen LogP contribution is 2.16. The smallest absolute Gasteiger partial charge is 0.114 e. The van der Waals surface area contributed by atoms with Gasteiger partial charge in [-0.3, -0.25) is 4.90 Å². The molecule has 0 saturated carbocycles. The lowest BCUT2D eigenvalue weighted by molar-refractivity contribution is 0.222. The minimum absolute atomic E-state index is 0.527. The number of methoxy groups -OCH3 is 1. The number of allylic oxidation sites excluding steroid dienone is 1. The van der Waals surface area contributed by atoms with Crippen LogP contribution in [0.1, 0.15) is 20.3 Å². The van der Waals surface area contributed by atoms with E-state index in [4.69, 9.17) is 4.74 Å². The van der Waals surface area contributed by atoms with Gasteiger partial charge in [-0.2, -0.15) is 0 Å². The molecule has 74 valence electrons. The first kappa shape index (κ1) is 10.3. The number of hydrogen-bond acceptors (Lipinski definition) is 2. The second-order valence-electron chi connectivity index (χ2n) is 3.73. The average Bonchev–Trinajstić information content (AvgIpc) is 2.17. The monoisotopic (exact) mass is 181 g/mol. The largest absolute Gasteiger partial charge is 0.497 e. The van der Waals surface area contributed by atoms with E-state index in [2.05, 4.69) is 37.9 Å². The maximum atomic E-state index is 5.14. The summed E-state index contributed by atoms with van der Waals surface area (Å²) in [5, 5.41) is 0. The van der Waals surface area contributed by atoms with Gasteiger partial charge in [0, 0.05) is 12.1 Å². The highest BCUT2D eigenvalue weighted by Gasteiger charge is 2.15. The third-order valence-electron chi connectivity index (χ3n) is 2.62. The van der Waals surface area contributed by atoms with Crippen molar-refractivity contribution in [2.45, 2.75) is 32.4 Å². The zero-order valence-electron chi connectivity index (χ0n) is 8.95. The van der Waals surface area contributed by atoms with Crippen molar-refractivity contribution in [1.82, 2.24) is 4.90 Å². The van der Waals surface area contributed by atoms with Crippen molar-refractivity contribution < 1.29 is 4.74 Å². The molecule has 1 aliphatic rings. The fourth-order valence-corrected chi connectivity index (χ4v) is 1.43. The van der Waals surface area contributed by atoms with Crippen LogP contribution in [-0.2, 0) is 4.74 Å². The van der Waals surface area contributed by atoms with E-state index in [0.29, 0.717) is 12.1 Å². The third-order valence-corrected chi connectivity index (χ3v) is 2.62. The van der Waals surface area contributed by atoms with Gasteiger partial charge in [0.05, 0.1) is 7.11 Å². The number of hydrogen-bond donors (Lipinski definition) is 0. The van der Waals surface area contributed by atoms with Crippen LogP contribution in [0.4, 0.5) is 0 Å². The Hall–Kier alpha value is -0.760. The zero-order chi connectivity index (χ0) is 9.84. The number of rotatable bonds is 3. The van der Waals surface area contributed by atoms with Crippen LogP contribution in [0.2, 0.25) is 0 Å². The van der Waals surface area contributed by atoms with Crippen LogP contribution in [0.3, 0.4) is 0 Å². The normalized spacial score (nSPS) is 22.3. The molecular weight excluding hydrogens is 162 g/mol. The van der Waals surface area contributed by atoms with Gasteiger partial charge in [-0.05, 0) is 39.5 Å². The summed E-state index contributed by atoms with van der Waals surface area (Å²) in [7, 11) is 3.87. The van der Waals surface area contributed by atoms with Crippen LogP contribution in [0, 0.1) is 0 Å². The Morgan fingerprint density at radius 2 is 2.23 bits per heavy atom. The average molecular weight is 181 g/mol. The van der Waals surface area contributed by atoms with E-state index < -0.39 is 0 Å². The third kappa shape index (κ3) is 2.59. The molecule has 0 aromatic carbocycles. The van der Waals surface area contributed by atoms with Gasteiger partial charge >= 0.3 is 0 Å². The van der Waals surface area contributed by atoms with Crippen molar-refractivity contribution in [2.75, 3.05) is 14.2 Å². The van der Waals surface area contributed by atoms with Gasteiger partial charge in [-0.25, -0.2) is 0 Å². The number of nitrogens with zero attached hydrogens (tertiary/aromatic N) is 1. The topological polar surface area (TPSA) is 12.5 Å². The van der Waals surface area contributed by atoms with Crippen molar-refractivity contribution in [1.29, 1.82) is 0 Å². The Balaban J connectivity index is 2.52. The molecule has 0 aliphatic heterocycles. The summed E-state index contributed by atoms with van der Waals surface area (Å²) in [5.41, 5.74) is 0. The highest BCUT2D eigenvalue weighted by atomic mass is 16.5. The molecule has 0 saturated heterocycles. The van der Waals surface area contributed by atoms with Gasteiger partial charge < -0.3 is 4.74 Å². The maximum Gasteiger partial charge on any atom is 0.114 e. The Morgan fingerprint density at radius 1 is 1.54 bits per heavy atom. The van der Waals surface area contributed by atoms with E-state index >= 15 is 0 Å². The molecule has 0 aromatic rings. The fourth-order valence-electron chi connectivity index (χ4n) is 1.43. The van der Waals surface area contributed by atoms with Crippen molar-refractivity contribution in [3.05, 3.63) is 24.0 Å². The molecule has 13 heavy (non-hydrogen) atoms. The summed E-state index contributed by atoms with van der Waals surface area (Å²) in [5.74, 6) is 0.980. The first-order valence-corrected chi connectivity index (χ1v) is 4.79. The van der Waals surface area contributed by atoms with Crippen LogP contribution >= 0.6 is 0 Å². The summed E-state index contributed by atoms with van der Waals surface area (Å²) in [6.45, 7) is 4.42. The van der Waals surface area contributed by atoms with Gasteiger partial charge in [-0.15, -0.1) is 0 Å². The van der Waals surface area contributed by atoms with Gasteiger partial charge in [0.15, 0.2) is 0 Å². The Labute approximate surface area is 80.9 Å². The lowest BCUT2D eigenvalue weighted by Gasteiger charge is -2.30. The Morgan fingerprint density at radius 3 is 2.62 bits per heavy atom. The van der Waals surface area contributed by atoms with Crippen LogP contribution in [-0.4, -0.2) is 31.1 Å². The fraction of sp³-hybridized carbons (Fsp3) is 0.636. The summed E-state index contributed by atoms with van der Waals surface area (Å²) in [6.07, 6.45) is 7.45. The van der Waals surface area contributed by atoms with Crippen LogP contribution in [0.25, 0.3) is 0 Å². The van der Waals surface area contributed by atoms with Crippen molar-refractivity contribution >= 4 is 0 Å². The van der Waals surface area contributed by atoms with Gasteiger partial charge in [0.1, 0.15) is 5.76 Å². The van der Waals surface area contributed by atoms with E-state index in [1.54, 1.807) is 7.11 Å². The first-order chi connectivity index (χ1) is 6.15. The Kier molecular flexibility index (Phi) is 3.55. The van der Waals surface area contributed by atoms with E-state index in [1.165, 1.54) is 0 Å². The first-order valence-electron chi connectivity index (χ1n) is 4.79. The minimum atomic E-state index is 0.527. The van der Waals surface area contributed by atoms with Gasteiger partial charge in [-0.1, -0.05) is 6.08 Å². The van der Waals surface area contributed by atoms with Crippen molar-refractivity contribution in [2.24, 2.45) is 0 Å². The summed E-state index contributed by atoms with van der Waals surface area (Å²) < 4.78 is 5.14. The zero-order valence-corrected chi connectivity index (χ0v) is 8.95. The standard InChI is InChI=1S/C11H19NO/c1-9(2)12(3)10-5-7-11(13-4)8-6-10/h5,7-10H,6H2,1-4H3. The highest BCUT2D eigenvalue weighted by molar-refractivity contribution is 5.20. The van der Waals surface area contributed by atoms with Crippen molar-refractivity contribution in [3.8, 4) is 0 Å². The predicted octanol–water partition coefficient (Wildman–Crippen LogP) is 2.19. The molecule has 0 fully saturated rings. The summed E-state index contributed by atoms with van der Waals surface area (Å²) in [4.78, 5) is 2.36. The quantitative estimate of drug-likeness (QED) is 0.661. The molecule has 0 bridgehead atoms. The molecule has 1 atom stereocenters. The molecule has 2 nitrogen and oxygen atoms in total. The predicted molar refractivity (Wildman–Crippen MR) is 55.5 cm³/mol. The second-order valence-corrected chi connectivity index (χ2v) is 3.73. The Bertz CT molecular complexity index is 218. The van der Waals surface area contributed by atoms with Crippen LogP contribution < -0.4 is 0 Å². The van der Waals surface area contributed by atoms with E-state index in [9.17, 15) is 0 Å². The molecule has 0 amide bonds. The summed E-state index contributed by atoms with van der Waals surface area (Å²) >= 11 is 0. The molecule has 1 rings (SSSR count). The van der Waals surface area contributed by atoms with Crippen molar-refractivity contribution in [3.63, 3.8) is 0 Å². The molecule has 1 unspecified atom stereocenters. The second kappa shape index (κ2) is 4.47. The van der Waals surface area contributed by atoms with Crippen LogP contribution in [0.5, 0.6) is 0 Å². The SMILES string of the molecule is COC1=CCC(N(C)C(C)C)C=C1. The minimum Gasteiger partial charge on any atom is -0.497 e. The van der Waals surface area contributed by atoms with E-state index in [1.807, 2.05) is 6.08 Å². The van der Waals surface area contributed by atoms with Gasteiger partial charge in [0.25, 0.3) is 0 Å². The van der Waals surface area contributed by atoms with Gasteiger partial charge in [0.2, 0.25) is 0 Å². The van der Waals surface area contributed by atoms with Crippen LogP contribution in [0.15, 0.2) is 24.0 Å². The molecule has 2 heteroatoms. The molecular formula is C11H19NO.